The molecule has 6 N–H and O–H groups in total. The summed E-state index contributed by atoms with van der Waals surface area (Å²) in [5.74, 6) is 1.05. The van der Waals surface area contributed by atoms with E-state index in [9.17, 15) is 17.6 Å². The SMILES string of the molecule is C/C=C\C=N/c1ccc(CN(N)c2nc(Nc3ccc(P(NCC)C(F)(F)F)c(F)c3)cnc2N)cc1. The molecule has 1 atom stereocenters. The predicted octanol–water partition coefficient (Wildman–Crippen LogP) is 5.25. The van der Waals surface area contributed by atoms with Crippen LogP contribution in [0.25, 0.3) is 0 Å². The van der Waals surface area contributed by atoms with Gasteiger partial charge in [0, 0.05) is 17.2 Å². The van der Waals surface area contributed by atoms with E-state index in [0.717, 1.165) is 23.4 Å². The number of halogens is 4. The average molecular weight is 535 g/mol. The number of hydrogen-bond acceptors (Lipinski definition) is 8. The van der Waals surface area contributed by atoms with E-state index in [-0.39, 0.29) is 36.2 Å². The minimum absolute atomic E-state index is 0.0543. The van der Waals surface area contributed by atoms with Gasteiger partial charge in [-0.2, -0.15) is 13.2 Å². The second kappa shape index (κ2) is 12.6. The van der Waals surface area contributed by atoms with Crippen molar-refractivity contribution < 1.29 is 17.6 Å². The fraction of sp³-hybridized carbons (Fsp3) is 0.208. The molecule has 8 nitrogen and oxygen atoms in total. The molecule has 0 aliphatic rings. The fourth-order valence-corrected chi connectivity index (χ4v) is 4.66. The van der Waals surface area contributed by atoms with Gasteiger partial charge in [0.25, 0.3) is 0 Å². The van der Waals surface area contributed by atoms with Crippen molar-refractivity contribution in [2.24, 2.45) is 10.8 Å². The monoisotopic (exact) mass is 534 g/mol. The van der Waals surface area contributed by atoms with Gasteiger partial charge in [0.15, 0.2) is 17.5 Å². The topological polar surface area (TPSA) is 117 Å². The maximum Gasteiger partial charge on any atom is 0.423 e. The second-order valence-electron chi connectivity index (χ2n) is 7.67. The highest BCUT2D eigenvalue weighted by atomic mass is 31.1. The van der Waals surface area contributed by atoms with Crippen LogP contribution in [0.3, 0.4) is 0 Å². The molecule has 0 saturated heterocycles. The van der Waals surface area contributed by atoms with E-state index in [1.54, 1.807) is 6.21 Å². The van der Waals surface area contributed by atoms with Gasteiger partial charge in [-0.1, -0.05) is 25.1 Å². The van der Waals surface area contributed by atoms with Gasteiger partial charge in [-0.15, -0.1) is 0 Å². The first-order valence-electron chi connectivity index (χ1n) is 11.2. The molecule has 3 rings (SSSR count). The molecular formula is C24H27F4N8P. The third kappa shape index (κ3) is 7.69. The first kappa shape index (κ1) is 28.0. The number of benzene rings is 2. The lowest BCUT2D eigenvalue weighted by atomic mass is 10.2. The van der Waals surface area contributed by atoms with E-state index >= 15 is 0 Å². The molecule has 1 heterocycles. The van der Waals surface area contributed by atoms with Gasteiger partial charge in [-0.05, 0) is 55.4 Å². The van der Waals surface area contributed by atoms with Crippen LogP contribution in [0.4, 0.5) is 46.4 Å². The zero-order valence-electron chi connectivity index (χ0n) is 20.2. The van der Waals surface area contributed by atoms with Crippen molar-refractivity contribution in [2.45, 2.75) is 26.3 Å². The predicted molar refractivity (Wildman–Crippen MR) is 142 cm³/mol. The van der Waals surface area contributed by atoms with E-state index in [1.165, 1.54) is 24.2 Å². The number of hydrogen-bond donors (Lipinski definition) is 4. The summed E-state index contributed by atoms with van der Waals surface area (Å²) in [5.41, 5.74) is 7.80. The van der Waals surface area contributed by atoms with Gasteiger partial charge in [0.1, 0.15) is 13.9 Å². The molecule has 13 heteroatoms. The molecule has 0 saturated carbocycles. The maximum absolute atomic E-state index is 14.6. The van der Waals surface area contributed by atoms with Crippen molar-refractivity contribution in [2.75, 3.05) is 22.6 Å². The summed E-state index contributed by atoms with van der Waals surface area (Å²) in [4.78, 5) is 12.7. The number of nitrogens with zero attached hydrogens (tertiary/aromatic N) is 4. The summed E-state index contributed by atoms with van der Waals surface area (Å²) in [7, 11) is -2.87. The molecule has 0 amide bonds. The smallest absolute Gasteiger partial charge is 0.381 e. The first-order valence-corrected chi connectivity index (χ1v) is 12.5. The van der Waals surface area contributed by atoms with Crippen molar-refractivity contribution >= 4 is 48.4 Å². The summed E-state index contributed by atoms with van der Waals surface area (Å²) in [6.07, 6.45) is 6.71. The number of nitrogens with two attached hydrogens (primary N) is 2. The number of nitrogen functional groups attached to an aromatic ring is 1. The molecule has 37 heavy (non-hydrogen) atoms. The molecule has 0 spiro atoms. The molecule has 0 aliphatic heterocycles. The quantitative estimate of drug-likeness (QED) is 0.0923. The van der Waals surface area contributed by atoms with Gasteiger partial charge in [-0.25, -0.2) is 20.2 Å². The molecule has 3 aromatic rings. The lowest BCUT2D eigenvalue weighted by Gasteiger charge is -2.22. The van der Waals surface area contributed by atoms with Crippen LogP contribution in [0, 0.1) is 5.82 Å². The number of alkyl halides is 3. The molecule has 0 fully saturated rings. The number of anilines is 4. The largest absolute Gasteiger partial charge is 0.423 e. The van der Waals surface area contributed by atoms with Crippen molar-refractivity contribution in [1.29, 1.82) is 0 Å². The molecule has 1 unspecified atom stereocenters. The van der Waals surface area contributed by atoms with E-state index in [2.05, 4.69) is 25.4 Å². The minimum atomic E-state index is -4.58. The normalized spacial score (nSPS) is 12.8. The maximum atomic E-state index is 14.6. The molecule has 196 valence electrons. The number of aromatic nitrogens is 2. The number of hydrazine groups is 1. The number of allylic oxidation sites excluding steroid dienone is 2. The summed E-state index contributed by atoms with van der Waals surface area (Å²) in [6.45, 7) is 3.75. The Morgan fingerprint density at radius 2 is 1.89 bits per heavy atom. The van der Waals surface area contributed by atoms with Gasteiger partial charge in [0.05, 0.1) is 18.4 Å². The van der Waals surface area contributed by atoms with Crippen LogP contribution in [0.15, 0.2) is 65.8 Å². The van der Waals surface area contributed by atoms with Crippen molar-refractivity contribution in [3.8, 4) is 0 Å². The van der Waals surface area contributed by atoms with Crippen LogP contribution in [-0.2, 0) is 6.54 Å². The first-order chi connectivity index (χ1) is 17.6. The van der Waals surface area contributed by atoms with Crippen molar-refractivity contribution in [1.82, 2.24) is 15.1 Å². The van der Waals surface area contributed by atoms with Crippen LogP contribution in [0.2, 0.25) is 0 Å². The minimum Gasteiger partial charge on any atom is -0.381 e. The highest BCUT2D eigenvalue weighted by Gasteiger charge is 2.42. The second-order valence-corrected chi connectivity index (χ2v) is 9.64. The van der Waals surface area contributed by atoms with Gasteiger partial charge in [-0.3, -0.25) is 15.1 Å². The lowest BCUT2D eigenvalue weighted by molar-refractivity contribution is -0.0402. The Balaban J connectivity index is 1.75. The number of aliphatic imine (C=N–C) groups is 1. The summed E-state index contributed by atoms with van der Waals surface area (Å²) in [6, 6.07) is 10.8. The van der Waals surface area contributed by atoms with Crippen LogP contribution in [0.5, 0.6) is 0 Å². The zero-order valence-corrected chi connectivity index (χ0v) is 21.1. The Kier molecular flexibility index (Phi) is 9.51. The average Bonchev–Trinajstić information content (AvgIpc) is 2.85. The lowest BCUT2D eigenvalue weighted by Crippen LogP contribution is -2.32. The highest BCUT2D eigenvalue weighted by molar-refractivity contribution is 7.64. The molecule has 0 bridgehead atoms. The van der Waals surface area contributed by atoms with Crippen molar-refractivity contribution in [3.63, 3.8) is 0 Å². The van der Waals surface area contributed by atoms with Crippen LogP contribution in [-0.4, -0.2) is 28.6 Å². The van der Waals surface area contributed by atoms with Gasteiger partial charge in [0.2, 0.25) is 0 Å². The van der Waals surface area contributed by atoms with E-state index < -0.39 is 25.1 Å². The Hall–Kier alpha value is -3.60. The van der Waals surface area contributed by atoms with E-state index in [1.807, 2.05) is 43.3 Å². The Morgan fingerprint density at radius 1 is 1.16 bits per heavy atom. The van der Waals surface area contributed by atoms with Crippen LogP contribution < -0.4 is 32.3 Å². The van der Waals surface area contributed by atoms with E-state index in [0.29, 0.717) is 0 Å². The molecule has 0 radical (unpaired) electrons. The van der Waals surface area contributed by atoms with E-state index in [4.69, 9.17) is 11.6 Å². The molecule has 0 aliphatic carbocycles. The summed E-state index contributed by atoms with van der Waals surface area (Å²) >= 11 is 0. The Morgan fingerprint density at radius 3 is 2.51 bits per heavy atom. The van der Waals surface area contributed by atoms with Gasteiger partial charge < -0.3 is 11.1 Å². The Bertz CT molecular complexity index is 1250. The zero-order chi connectivity index (χ0) is 27.0. The highest BCUT2D eigenvalue weighted by Crippen LogP contribution is 2.49. The third-order valence-electron chi connectivity index (χ3n) is 4.88. The third-order valence-corrected chi connectivity index (χ3v) is 6.86. The Labute approximate surface area is 213 Å². The van der Waals surface area contributed by atoms with Crippen LogP contribution >= 0.6 is 8.07 Å². The molecular weight excluding hydrogens is 507 g/mol. The van der Waals surface area contributed by atoms with Gasteiger partial charge >= 0.3 is 5.92 Å². The summed E-state index contributed by atoms with van der Waals surface area (Å²) in [5, 5.41) is 6.02. The van der Waals surface area contributed by atoms with Crippen LogP contribution in [0.1, 0.15) is 19.4 Å². The number of rotatable bonds is 10. The fourth-order valence-electron chi connectivity index (χ4n) is 3.22. The molecule has 1 aromatic heterocycles. The standard InChI is InChI=1S/C24H27F4N8P/c1-3-5-12-31-17-8-6-16(7-9-17)15-36(30)23-22(29)32-14-21(35-23)34-18-10-11-20(19(25)13-18)37(33-4-2)24(26,27)28/h3,5-14,33H,4,15,30H2,1-2H3,(H2,29,32)(H,34,35)/b5-3-,31-12-. The van der Waals surface area contributed by atoms with Crippen molar-refractivity contribution in [3.05, 3.63) is 72.2 Å². The number of nitrogens with one attached hydrogen (secondary N) is 2. The summed E-state index contributed by atoms with van der Waals surface area (Å²) < 4.78 is 54.7. The molecule has 2 aromatic carbocycles.